The minimum absolute atomic E-state index is 0.0915. The van der Waals surface area contributed by atoms with Crippen molar-refractivity contribution in [3.05, 3.63) is 23.5 Å². The third-order valence-corrected chi connectivity index (χ3v) is 3.43. The summed E-state index contributed by atoms with van der Waals surface area (Å²) in [4.78, 5) is 15.2. The Labute approximate surface area is 106 Å². The molecular formula is C13H19N3O2. The van der Waals surface area contributed by atoms with Gasteiger partial charge in [0, 0.05) is 24.0 Å². The van der Waals surface area contributed by atoms with E-state index in [2.05, 4.69) is 10.3 Å². The van der Waals surface area contributed by atoms with Gasteiger partial charge in [-0.05, 0) is 25.8 Å². The number of hydrogen-bond acceptors (Lipinski definition) is 4. The van der Waals surface area contributed by atoms with Crippen LogP contribution in [0.1, 0.15) is 41.7 Å². The number of anilines is 1. The van der Waals surface area contributed by atoms with Crippen molar-refractivity contribution in [2.24, 2.45) is 5.73 Å². The number of carbonyl (C=O) groups is 1. The van der Waals surface area contributed by atoms with E-state index in [1.165, 1.54) is 6.20 Å². The fraction of sp³-hybridized carbons (Fsp3) is 0.538. The van der Waals surface area contributed by atoms with Crippen LogP contribution >= 0.6 is 0 Å². The summed E-state index contributed by atoms with van der Waals surface area (Å²) < 4.78 is 0. The number of hydrogen-bond donors (Lipinski definition) is 3. The molecule has 2 atom stereocenters. The summed E-state index contributed by atoms with van der Waals surface area (Å²) in [5, 5.41) is 12.4. The van der Waals surface area contributed by atoms with E-state index in [0.717, 1.165) is 31.4 Å². The number of pyridine rings is 1. The van der Waals surface area contributed by atoms with Crippen LogP contribution < -0.4 is 11.1 Å². The molecule has 98 valence electrons. The molecule has 1 fully saturated rings. The highest BCUT2D eigenvalue weighted by Gasteiger charge is 2.23. The average molecular weight is 249 g/mol. The van der Waals surface area contributed by atoms with Crippen molar-refractivity contribution in [3.8, 4) is 0 Å². The Hall–Kier alpha value is -1.62. The molecule has 4 N–H and O–H groups in total. The van der Waals surface area contributed by atoms with Crippen molar-refractivity contribution >= 4 is 11.7 Å². The zero-order chi connectivity index (χ0) is 13.1. The van der Waals surface area contributed by atoms with Gasteiger partial charge >= 0.3 is 5.97 Å². The van der Waals surface area contributed by atoms with Gasteiger partial charge in [-0.1, -0.05) is 12.8 Å². The van der Waals surface area contributed by atoms with Crippen LogP contribution in [0.3, 0.4) is 0 Å². The standard InChI is InChI=1S/C13H19N3O2/c1-8-6-12(9(7-15-8)13(17)18)16-11-5-3-2-4-10(11)14/h6-7,10-11H,2-5,14H2,1H3,(H,15,16)(H,17,18). The molecule has 0 amide bonds. The predicted octanol–water partition coefficient (Wildman–Crippen LogP) is 1.77. The van der Waals surface area contributed by atoms with Crippen LogP contribution in [0, 0.1) is 6.92 Å². The van der Waals surface area contributed by atoms with Gasteiger partial charge in [-0.25, -0.2) is 4.79 Å². The number of nitrogens with one attached hydrogen (secondary N) is 1. The summed E-state index contributed by atoms with van der Waals surface area (Å²) in [5.74, 6) is -0.964. The number of carboxylic acid groups (broad SMARTS) is 1. The SMILES string of the molecule is Cc1cc(NC2CCCCC2N)c(C(=O)O)cn1. The van der Waals surface area contributed by atoms with E-state index >= 15 is 0 Å². The van der Waals surface area contributed by atoms with E-state index in [1.54, 1.807) is 6.07 Å². The lowest BCUT2D eigenvalue weighted by Crippen LogP contribution is -2.42. The molecule has 1 aromatic rings. The number of aromatic nitrogens is 1. The van der Waals surface area contributed by atoms with Crippen LogP contribution in [0.5, 0.6) is 0 Å². The molecule has 0 saturated heterocycles. The van der Waals surface area contributed by atoms with Crippen molar-refractivity contribution in [3.63, 3.8) is 0 Å². The first-order valence-corrected chi connectivity index (χ1v) is 6.30. The highest BCUT2D eigenvalue weighted by molar-refractivity contribution is 5.93. The van der Waals surface area contributed by atoms with Gasteiger partial charge in [0.25, 0.3) is 0 Å². The van der Waals surface area contributed by atoms with Crippen LogP contribution in [0.15, 0.2) is 12.3 Å². The van der Waals surface area contributed by atoms with Gasteiger partial charge in [0.05, 0.1) is 5.69 Å². The predicted molar refractivity (Wildman–Crippen MR) is 69.8 cm³/mol. The van der Waals surface area contributed by atoms with Gasteiger partial charge in [0.1, 0.15) is 5.56 Å². The maximum Gasteiger partial charge on any atom is 0.339 e. The third-order valence-electron chi connectivity index (χ3n) is 3.43. The molecule has 0 spiro atoms. The van der Waals surface area contributed by atoms with Crippen LogP contribution in [-0.2, 0) is 0 Å². The van der Waals surface area contributed by atoms with E-state index in [4.69, 9.17) is 10.8 Å². The summed E-state index contributed by atoms with van der Waals surface area (Å²) in [6.07, 6.45) is 5.67. The highest BCUT2D eigenvalue weighted by atomic mass is 16.4. The molecule has 0 bridgehead atoms. The van der Waals surface area contributed by atoms with Crippen LogP contribution in [0.25, 0.3) is 0 Å². The molecule has 1 saturated carbocycles. The molecule has 0 radical (unpaired) electrons. The number of carboxylic acids is 1. The van der Waals surface area contributed by atoms with E-state index < -0.39 is 5.97 Å². The zero-order valence-corrected chi connectivity index (χ0v) is 10.5. The second-order valence-electron chi connectivity index (χ2n) is 4.88. The molecule has 1 heterocycles. The highest BCUT2D eigenvalue weighted by Crippen LogP contribution is 2.23. The Bertz CT molecular complexity index is 448. The molecule has 0 aliphatic heterocycles. The summed E-state index contributed by atoms with van der Waals surface area (Å²) in [5.41, 5.74) is 7.69. The van der Waals surface area contributed by atoms with Gasteiger partial charge in [0.15, 0.2) is 0 Å². The number of aryl methyl sites for hydroxylation is 1. The molecule has 1 aromatic heterocycles. The smallest absolute Gasteiger partial charge is 0.339 e. The largest absolute Gasteiger partial charge is 0.478 e. The van der Waals surface area contributed by atoms with Gasteiger partial charge in [-0.15, -0.1) is 0 Å². The Morgan fingerprint density at radius 1 is 1.50 bits per heavy atom. The molecule has 18 heavy (non-hydrogen) atoms. The average Bonchev–Trinajstić information content (AvgIpc) is 2.32. The van der Waals surface area contributed by atoms with E-state index in [0.29, 0.717) is 5.69 Å². The van der Waals surface area contributed by atoms with E-state index in [-0.39, 0.29) is 17.6 Å². The first-order chi connectivity index (χ1) is 8.58. The first-order valence-electron chi connectivity index (χ1n) is 6.30. The quantitative estimate of drug-likeness (QED) is 0.759. The third kappa shape index (κ3) is 2.79. The first kappa shape index (κ1) is 12.8. The Kier molecular flexibility index (Phi) is 3.81. The van der Waals surface area contributed by atoms with Crippen molar-refractivity contribution in [1.82, 2.24) is 4.98 Å². The lowest BCUT2D eigenvalue weighted by Gasteiger charge is -2.30. The number of nitrogens with zero attached hydrogens (tertiary/aromatic N) is 1. The minimum atomic E-state index is -0.964. The van der Waals surface area contributed by atoms with Crippen molar-refractivity contribution in [1.29, 1.82) is 0 Å². The van der Waals surface area contributed by atoms with Crippen LogP contribution in [0.2, 0.25) is 0 Å². The molecule has 2 rings (SSSR count). The molecule has 2 unspecified atom stereocenters. The second-order valence-corrected chi connectivity index (χ2v) is 4.88. The summed E-state index contributed by atoms with van der Waals surface area (Å²) in [7, 11) is 0. The van der Waals surface area contributed by atoms with Gasteiger partial charge in [-0.2, -0.15) is 0 Å². The zero-order valence-electron chi connectivity index (χ0n) is 10.5. The maximum atomic E-state index is 11.1. The van der Waals surface area contributed by atoms with Gasteiger partial charge in [0.2, 0.25) is 0 Å². The van der Waals surface area contributed by atoms with E-state index in [9.17, 15) is 4.79 Å². The lowest BCUT2D eigenvalue weighted by molar-refractivity contribution is 0.0697. The fourth-order valence-electron chi connectivity index (χ4n) is 2.39. The van der Waals surface area contributed by atoms with Crippen molar-refractivity contribution < 1.29 is 9.90 Å². The molecule has 0 aromatic carbocycles. The minimum Gasteiger partial charge on any atom is -0.478 e. The van der Waals surface area contributed by atoms with Gasteiger partial charge < -0.3 is 16.2 Å². The normalized spacial score (nSPS) is 23.7. The summed E-state index contributed by atoms with van der Waals surface area (Å²) in [6.45, 7) is 1.84. The fourth-order valence-corrected chi connectivity index (χ4v) is 2.39. The summed E-state index contributed by atoms with van der Waals surface area (Å²) in [6, 6.07) is 2.01. The Morgan fingerprint density at radius 2 is 2.22 bits per heavy atom. The van der Waals surface area contributed by atoms with Crippen LogP contribution in [-0.4, -0.2) is 28.1 Å². The molecule has 1 aliphatic rings. The monoisotopic (exact) mass is 249 g/mol. The molecule has 5 heteroatoms. The second kappa shape index (κ2) is 5.35. The number of rotatable bonds is 3. The Balaban J connectivity index is 2.21. The maximum absolute atomic E-state index is 11.1. The number of nitrogens with two attached hydrogens (primary N) is 1. The lowest BCUT2D eigenvalue weighted by atomic mass is 9.90. The summed E-state index contributed by atoms with van der Waals surface area (Å²) >= 11 is 0. The van der Waals surface area contributed by atoms with Crippen molar-refractivity contribution in [2.75, 3.05) is 5.32 Å². The topological polar surface area (TPSA) is 88.2 Å². The number of aromatic carboxylic acids is 1. The molecule has 5 nitrogen and oxygen atoms in total. The van der Waals surface area contributed by atoms with Crippen LogP contribution in [0.4, 0.5) is 5.69 Å². The van der Waals surface area contributed by atoms with Crippen molar-refractivity contribution in [2.45, 2.75) is 44.7 Å². The molecule has 1 aliphatic carbocycles. The Morgan fingerprint density at radius 3 is 2.89 bits per heavy atom. The molecular weight excluding hydrogens is 230 g/mol. The van der Waals surface area contributed by atoms with Gasteiger partial charge in [-0.3, -0.25) is 4.98 Å². The van der Waals surface area contributed by atoms with E-state index in [1.807, 2.05) is 6.92 Å².